The van der Waals surface area contributed by atoms with Gasteiger partial charge in [0, 0.05) is 19.0 Å². The van der Waals surface area contributed by atoms with Gasteiger partial charge in [0.1, 0.15) is 5.82 Å². The van der Waals surface area contributed by atoms with Crippen molar-refractivity contribution < 1.29 is 4.79 Å². The zero-order valence-corrected chi connectivity index (χ0v) is 19.5. The number of rotatable bonds is 5. The van der Waals surface area contributed by atoms with Crippen molar-refractivity contribution in [2.45, 2.75) is 45.6 Å². The van der Waals surface area contributed by atoms with Crippen LogP contribution < -0.4 is 5.56 Å². The van der Waals surface area contributed by atoms with Gasteiger partial charge in [-0.15, -0.1) is 5.10 Å². The first-order valence-corrected chi connectivity index (χ1v) is 11.7. The van der Waals surface area contributed by atoms with Crippen LogP contribution in [-0.2, 0) is 17.8 Å². The molecule has 174 valence electrons. The molecule has 1 fully saturated rings. The number of aryl methyl sites for hydroxylation is 2. The van der Waals surface area contributed by atoms with Crippen molar-refractivity contribution >= 4 is 17.1 Å². The summed E-state index contributed by atoms with van der Waals surface area (Å²) < 4.78 is 1.68. The largest absolute Gasteiger partial charge is 0.342 e. The van der Waals surface area contributed by atoms with Crippen LogP contribution in [-0.4, -0.2) is 48.9 Å². The van der Waals surface area contributed by atoms with Gasteiger partial charge < -0.3 is 9.88 Å². The lowest BCUT2D eigenvalue weighted by Gasteiger charge is -2.31. The molecule has 34 heavy (non-hydrogen) atoms. The fourth-order valence-corrected chi connectivity index (χ4v) is 4.53. The first-order valence-electron chi connectivity index (χ1n) is 11.7. The Morgan fingerprint density at radius 2 is 1.79 bits per heavy atom. The molecule has 8 heteroatoms. The molecule has 0 bridgehead atoms. The van der Waals surface area contributed by atoms with Gasteiger partial charge in [0.2, 0.25) is 5.91 Å². The van der Waals surface area contributed by atoms with Crippen LogP contribution in [0.2, 0.25) is 0 Å². The Labute approximate surface area is 197 Å². The number of piperidine rings is 1. The van der Waals surface area contributed by atoms with Gasteiger partial charge in [-0.1, -0.05) is 59.3 Å². The lowest BCUT2D eigenvalue weighted by molar-refractivity contribution is -0.131. The van der Waals surface area contributed by atoms with Gasteiger partial charge in [0.25, 0.3) is 5.56 Å². The molecule has 0 radical (unpaired) electrons. The summed E-state index contributed by atoms with van der Waals surface area (Å²) in [7, 11) is 0. The van der Waals surface area contributed by atoms with Gasteiger partial charge in [0.15, 0.2) is 11.2 Å². The molecule has 0 saturated carbocycles. The third-order valence-corrected chi connectivity index (χ3v) is 6.68. The Hall–Kier alpha value is -3.81. The van der Waals surface area contributed by atoms with Crippen LogP contribution >= 0.6 is 0 Å². The molecule has 0 spiro atoms. The van der Waals surface area contributed by atoms with Gasteiger partial charge in [0.05, 0.1) is 13.0 Å². The van der Waals surface area contributed by atoms with Gasteiger partial charge in [-0.2, -0.15) is 0 Å². The number of hydrogen-bond acceptors (Lipinski definition) is 5. The van der Waals surface area contributed by atoms with Crippen LogP contribution in [0, 0.1) is 13.8 Å². The third kappa shape index (κ3) is 4.48. The Morgan fingerprint density at radius 3 is 2.53 bits per heavy atom. The number of aromatic nitrogens is 5. The number of likely N-dealkylation sites (tertiary alicyclic amines) is 1. The summed E-state index contributed by atoms with van der Waals surface area (Å²) in [5.74, 6) is 0.878. The Balaban J connectivity index is 1.30. The van der Waals surface area contributed by atoms with E-state index in [1.54, 1.807) is 4.68 Å². The predicted molar refractivity (Wildman–Crippen MR) is 130 cm³/mol. The molecule has 2 aromatic carbocycles. The molecule has 1 aliphatic heterocycles. The fraction of sp³-hybridized carbons (Fsp3) is 0.346. The number of fused-ring (bicyclic) bond motifs is 1. The molecule has 0 atom stereocenters. The predicted octanol–water partition coefficient (Wildman–Crippen LogP) is 3.13. The van der Waals surface area contributed by atoms with Crippen LogP contribution in [0.3, 0.4) is 0 Å². The van der Waals surface area contributed by atoms with E-state index in [0.717, 1.165) is 29.5 Å². The van der Waals surface area contributed by atoms with Crippen molar-refractivity contribution in [2.24, 2.45) is 0 Å². The van der Waals surface area contributed by atoms with Crippen molar-refractivity contribution in [3.05, 3.63) is 87.0 Å². The highest BCUT2D eigenvalue weighted by Gasteiger charge is 2.26. The number of nitrogens with one attached hydrogen (secondary N) is 1. The van der Waals surface area contributed by atoms with Crippen molar-refractivity contribution in [3.8, 4) is 0 Å². The number of H-pyrrole nitrogens is 1. The van der Waals surface area contributed by atoms with Crippen LogP contribution in [0.5, 0.6) is 0 Å². The molecule has 1 saturated heterocycles. The van der Waals surface area contributed by atoms with Crippen molar-refractivity contribution in [1.29, 1.82) is 0 Å². The first-order chi connectivity index (χ1) is 16.5. The van der Waals surface area contributed by atoms with E-state index in [9.17, 15) is 9.59 Å². The average molecular weight is 457 g/mol. The molecule has 4 aromatic rings. The second-order valence-electron chi connectivity index (χ2n) is 9.11. The quantitative estimate of drug-likeness (QED) is 0.498. The summed E-state index contributed by atoms with van der Waals surface area (Å²) in [6.07, 6.45) is 1.93. The van der Waals surface area contributed by atoms with Gasteiger partial charge >= 0.3 is 0 Å². The van der Waals surface area contributed by atoms with Crippen LogP contribution in [0.4, 0.5) is 0 Å². The Morgan fingerprint density at radius 1 is 1.06 bits per heavy atom. The highest BCUT2D eigenvalue weighted by molar-refractivity contribution is 5.79. The molecular weight excluding hydrogens is 428 g/mol. The third-order valence-electron chi connectivity index (χ3n) is 6.68. The van der Waals surface area contributed by atoms with E-state index in [1.165, 1.54) is 5.56 Å². The van der Waals surface area contributed by atoms with E-state index in [4.69, 9.17) is 4.98 Å². The summed E-state index contributed by atoms with van der Waals surface area (Å²) in [6, 6.07) is 16.2. The molecule has 5 rings (SSSR count). The van der Waals surface area contributed by atoms with E-state index in [1.807, 2.05) is 67.3 Å². The van der Waals surface area contributed by atoms with Crippen LogP contribution in [0.1, 0.15) is 46.8 Å². The maximum Gasteiger partial charge on any atom is 0.281 e. The lowest BCUT2D eigenvalue weighted by Crippen LogP contribution is -2.39. The smallest absolute Gasteiger partial charge is 0.281 e. The summed E-state index contributed by atoms with van der Waals surface area (Å²) in [6.45, 7) is 5.88. The summed E-state index contributed by atoms with van der Waals surface area (Å²) in [4.78, 5) is 35.1. The number of carbonyl (C=O) groups is 1. The SMILES string of the molecule is Cc1ccc(Cn2nnc3c(=O)[nH]c(C4CCN(C(=O)Cc5ccccc5C)CC4)nc32)cc1. The topological polar surface area (TPSA) is 96.8 Å². The van der Waals surface area contributed by atoms with Crippen molar-refractivity contribution in [1.82, 2.24) is 29.9 Å². The molecule has 0 unspecified atom stereocenters. The normalized spacial score (nSPS) is 14.6. The summed E-state index contributed by atoms with van der Waals surface area (Å²) >= 11 is 0. The number of hydrogen-bond donors (Lipinski definition) is 1. The maximum absolute atomic E-state index is 12.8. The molecular formula is C26H28N6O2. The van der Waals surface area contributed by atoms with E-state index >= 15 is 0 Å². The number of amides is 1. The molecule has 0 aliphatic carbocycles. The molecule has 2 aromatic heterocycles. The maximum atomic E-state index is 12.8. The second-order valence-corrected chi connectivity index (χ2v) is 9.11. The standard InChI is InChI=1S/C26H28N6O2/c1-17-7-9-19(10-8-17)16-32-25-23(29-30-32)26(34)28-24(27-25)20-11-13-31(14-12-20)22(33)15-21-6-4-3-5-18(21)2/h3-10,20H,11-16H2,1-2H3,(H,27,28,34). The number of benzene rings is 2. The minimum Gasteiger partial charge on any atom is -0.342 e. The van der Waals surface area contributed by atoms with Gasteiger partial charge in [-0.25, -0.2) is 9.67 Å². The average Bonchev–Trinajstić information content (AvgIpc) is 3.25. The molecule has 1 N–H and O–H groups in total. The van der Waals surface area contributed by atoms with Crippen molar-refractivity contribution in [2.75, 3.05) is 13.1 Å². The Bertz CT molecular complexity index is 1380. The fourth-order valence-electron chi connectivity index (χ4n) is 4.53. The lowest BCUT2D eigenvalue weighted by atomic mass is 9.95. The Kier molecular flexibility index (Phi) is 5.96. The monoisotopic (exact) mass is 456 g/mol. The number of aromatic amines is 1. The van der Waals surface area contributed by atoms with E-state index in [0.29, 0.717) is 37.5 Å². The minimum absolute atomic E-state index is 0.0855. The number of nitrogens with zero attached hydrogens (tertiary/aromatic N) is 5. The van der Waals surface area contributed by atoms with E-state index in [2.05, 4.69) is 15.3 Å². The van der Waals surface area contributed by atoms with Crippen molar-refractivity contribution in [3.63, 3.8) is 0 Å². The second kappa shape index (κ2) is 9.21. The van der Waals surface area contributed by atoms with E-state index < -0.39 is 0 Å². The summed E-state index contributed by atoms with van der Waals surface area (Å²) in [5, 5.41) is 8.23. The summed E-state index contributed by atoms with van der Waals surface area (Å²) in [5.41, 5.74) is 4.94. The molecule has 1 aliphatic rings. The van der Waals surface area contributed by atoms with Crippen LogP contribution in [0.25, 0.3) is 11.2 Å². The highest BCUT2D eigenvalue weighted by Crippen LogP contribution is 2.26. The molecule has 3 heterocycles. The minimum atomic E-state index is -0.270. The van der Waals surface area contributed by atoms with E-state index in [-0.39, 0.29) is 22.9 Å². The van der Waals surface area contributed by atoms with Gasteiger partial charge in [-0.05, 0) is 43.4 Å². The number of carbonyl (C=O) groups excluding carboxylic acids is 1. The van der Waals surface area contributed by atoms with Crippen LogP contribution in [0.15, 0.2) is 53.3 Å². The zero-order valence-electron chi connectivity index (χ0n) is 19.5. The molecule has 8 nitrogen and oxygen atoms in total. The highest BCUT2D eigenvalue weighted by atomic mass is 16.2. The first kappa shape index (κ1) is 22.0. The zero-order chi connectivity index (χ0) is 23.7. The molecule has 1 amide bonds. The van der Waals surface area contributed by atoms with Gasteiger partial charge in [-0.3, -0.25) is 9.59 Å².